The van der Waals surface area contributed by atoms with Crippen molar-refractivity contribution in [2.75, 3.05) is 11.4 Å². The molecule has 1 aliphatic heterocycles. The number of nitrogens with zero attached hydrogens (tertiary/aromatic N) is 1. The SMILES string of the molecule is CCCCCCN1C(=C2C(=O)c3ccccc3C2O)Sc2c1ccc1ccccc21. The van der Waals surface area contributed by atoms with Crippen LogP contribution in [0.1, 0.15) is 54.6 Å². The van der Waals surface area contributed by atoms with Crippen molar-refractivity contribution in [3.05, 3.63) is 82.4 Å². The zero-order chi connectivity index (χ0) is 20.7. The molecule has 0 saturated carbocycles. The smallest absolute Gasteiger partial charge is 0.195 e. The number of aliphatic hydroxyl groups excluding tert-OH is 1. The Morgan fingerprint density at radius 2 is 1.77 bits per heavy atom. The van der Waals surface area contributed by atoms with E-state index in [-0.39, 0.29) is 5.78 Å². The molecule has 3 aromatic carbocycles. The van der Waals surface area contributed by atoms with Crippen molar-refractivity contribution in [1.29, 1.82) is 0 Å². The van der Waals surface area contributed by atoms with Crippen LogP contribution in [0.5, 0.6) is 0 Å². The van der Waals surface area contributed by atoms with Crippen molar-refractivity contribution in [3.8, 4) is 0 Å². The highest BCUT2D eigenvalue weighted by Gasteiger charge is 2.40. The predicted octanol–water partition coefficient (Wildman–Crippen LogP) is 6.47. The Hall–Kier alpha value is -2.56. The summed E-state index contributed by atoms with van der Waals surface area (Å²) in [5, 5.41) is 14.4. The fraction of sp³-hybridized carbons (Fsp3) is 0.269. The molecule has 1 aliphatic carbocycles. The fourth-order valence-corrected chi connectivity index (χ4v) is 5.90. The molecule has 2 aliphatic rings. The van der Waals surface area contributed by atoms with Crippen molar-refractivity contribution < 1.29 is 9.90 Å². The molecular weight excluding hydrogens is 390 g/mol. The van der Waals surface area contributed by atoms with E-state index in [1.54, 1.807) is 11.8 Å². The van der Waals surface area contributed by atoms with E-state index in [4.69, 9.17) is 0 Å². The molecule has 1 N–H and O–H groups in total. The number of hydrogen-bond acceptors (Lipinski definition) is 4. The number of ketones is 1. The lowest BCUT2D eigenvalue weighted by atomic mass is 10.1. The quantitative estimate of drug-likeness (QED) is 0.383. The average molecular weight is 416 g/mol. The minimum absolute atomic E-state index is 0.0451. The second-order valence-corrected chi connectivity index (χ2v) is 8.99. The molecule has 0 saturated heterocycles. The number of anilines is 1. The molecule has 0 amide bonds. The number of aliphatic hydroxyl groups is 1. The highest BCUT2D eigenvalue weighted by Crippen LogP contribution is 2.53. The molecule has 0 aromatic heterocycles. The van der Waals surface area contributed by atoms with E-state index < -0.39 is 6.10 Å². The number of unbranched alkanes of at least 4 members (excludes halogenated alkanes) is 3. The van der Waals surface area contributed by atoms with Gasteiger partial charge in [0.05, 0.1) is 16.3 Å². The van der Waals surface area contributed by atoms with Gasteiger partial charge in [-0.15, -0.1) is 0 Å². The van der Waals surface area contributed by atoms with Gasteiger partial charge in [0.2, 0.25) is 0 Å². The first-order valence-electron chi connectivity index (χ1n) is 10.7. The highest BCUT2D eigenvalue weighted by molar-refractivity contribution is 8.04. The molecule has 0 spiro atoms. The van der Waals surface area contributed by atoms with Crippen LogP contribution in [-0.2, 0) is 0 Å². The van der Waals surface area contributed by atoms with Gasteiger partial charge in [0.15, 0.2) is 5.78 Å². The molecule has 1 heterocycles. The number of Topliss-reactive ketones (excluding diaryl/α,β-unsaturated/α-hetero) is 1. The largest absolute Gasteiger partial charge is 0.383 e. The third kappa shape index (κ3) is 3.06. The maximum absolute atomic E-state index is 13.3. The first-order chi connectivity index (χ1) is 14.7. The van der Waals surface area contributed by atoms with E-state index >= 15 is 0 Å². The van der Waals surface area contributed by atoms with Gasteiger partial charge < -0.3 is 10.0 Å². The van der Waals surface area contributed by atoms with Crippen LogP contribution in [0.3, 0.4) is 0 Å². The van der Waals surface area contributed by atoms with Gasteiger partial charge in [0, 0.05) is 17.0 Å². The van der Waals surface area contributed by atoms with E-state index in [2.05, 4.69) is 48.2 Å². The van der Waals surface area contributed by atoms with Crippen molar-refractivity contribution in [3.63, 3.8) is 0 Å². The fourth-order valence-electron chi connectivity index (χ4n) is 4.51. The summed E-state index contributed by atoms with van der Waals surface area (Å²) in [5.74, 6) is -0.0451. The van der Waals surface area contributed by atoms with E-state index in [1.807, 2.05) is 24.3 Å². The van der Waals surface area contributed by atoms with E-state index in [9.17, 15) is 9.90 Å². The zero-order valence-electron chi connectivity index (χ0n) is 17.1. The summed E-state index contributed by atoms with van der Waals surface area (Å²) < 4.78 is 0. The van der Waals surface area contributed by atoms with Crippen LogP contribution in [0.15, 0.2) is 76.2 Å². The second-order valence-electron chi connectivity index (χ2n) is 7.99. The number of benzene rings is 3. The third-order valence-corrected chi connectivity index (χ3v) is 7.34. The van der Waals surface area contributed by atoms with E-state index in [0.29, 0.717) is 11.1 Å². The average Bonchev–Trinajstić information content (AvgIpc) is 3.26. The Labute approximate surface area is 181 Å². The number of hydrogen-bond donors (Lipinski definition) is 1. The summed E-state index contributed by atoms with van der Waals surface area (Å²) >= 11 is 1.64. The molecule has 0 bridgehead atoms. The van der Waals surface area contributed by atoms with E-state index in [1.165, 1.54) is 34.9 Å². The van der Waals surface area contributed by atoms with Crippen LogP contribution in [-0.4, -0.2) is 17.4 Å². The van der Waals surface area contributed by atoms with Gasteiger partial charge in [-0.2, -0.15) is 0 Å². The Morgan fingerprint density at radius 3 is 2.60 bits per heavy atom. The maximum atomic E-state index is 13.3. The monoisotopic (exact) mass is 415 g/mol. The lowest BCUT2D eigenvalue weighted by molar-refractivity contribution is 0.101. The lowest BCUT2D eigenvalue weighted by Gasteiger charge is -2.23. The summed E-state index contributed by atoms with van der Waals surface area (Å²) in [6, 6.07) is 20.1. The minimum Gasteiger partial charge on any atom is -0.383 e. The number of carbonyl (C=O) groups excluding carboxylic acids is 1. The van der Waals surface area contributed by atoms with Gasteiger partial charge in [-0.25, -0.2) is 0 Å². The normalized spacial score (nSPS) is 20.1. The topological polar surface area (TPSA) is 40.5 Å². The van der Waals surface area contributed by atoms with Crippen molar-refractivity contribution in [1.82, 2.24) is 0 Å². The molecule has 30 heavy (non-hydrogen) atoms. The number of rotatable bonds is 5. The van der Waals surface area contributed by atoms with Gasteiger partial charge in [0.1, 0.15) is 6.10 Å². The first-order valence-corrected chi connectivity index (χ1v) is 11.6. The number of carbonyl (C=O) groups is 1. The van der Waals surface area contributed by atoms with Crippen LogP contribution in [0, 0.1) is 0 Å². The van der Waals surface area contributed by atoms with Gasteiger partial charge in [-0.3, -0.25) is 4.79 Å². The van der Waals surface area contributed by atoms with Crippen molar-refractivity contribution in [2.45, 2.75) is 43.6 Å². The number of thioether (sulfide) groups is 1. The molecular formula is C26H25NO2S. The zero-order valence-corrected chi connectivity index (χ0v) is 17.9. The maximum Gasteiger partial charge on any atom is 0.195 e. The van der Waals surface area contributed by atoms with Crippen molar-refractivity contribution >= 4 is 34.0 Å². The summed E-state index contributed by atoms with van der Waals surface area (Å²) in [4.78, 5) is 16.7. The Morgan fingerprint density at radius 1 is 0.967 bits per heavy atom. The van der Waals surface area contributed by atoms with Crippen LogP contribution >= 0.6 is 11.8 Å². The molecule has 1 unspecified atom stereocenters. The van der Waals surface area contributed by atoms with Crippen LogP contribution in [0.4, 0.5) is 5.69 Å². The summed E-state index contributed by atoms with van der Waals surface area (Å²) in [7, 11) is 0. The second kappa shape index (κ2) is 7.93. The van der Waals surface area contributed by atoms with Crippen molar-refractivity contribution in [2.24, 2.45) is 0 Å². The third-order valence-electron chi connectivity index (χ3n) is 6.08. The van der Waals surface area contributed by atoms with Gasteiger partial charge >= 0.3 is 0 Å². The molecule has 0 radical (unpaired) electrons. The Bertz CT molecular complexity index is 1170. The molecule has 3 nitrogen and oxygen atoms in total. The number of fused-ring (bicyclic) bond motifs is 4. The molecule has 152 valence electrons. The van der Waals surface area contributed by atoms with E-state index in [0.717, 1.165) is 29.2 Å². The summed E-state index contributed by atoms with van der Waals surface area (Å²) in [5.41, 5.74) is 3.02. The van der Waals surface area contributed by atoms with Crippen LogP contribution in [0.25, 0.3) is 10.8 Å². The molecule has 0 fully saturated rings. The van der Waals surface area contributed by atoms with Gasteiger partial charge in [0.25, 0.3) is 0 Å². The van der Waals surface area contributed by atoms with Crippen LogP contribution < -0.4 is 4.90 Å². The molecule has 1 atom stereocenters. The molecule has 3 aromatic rings. The summed E-state index contributed by atoms with van der Waals surface area (Å²) in [6.45, 7) is 3.07. The Balaban J connectivity index is 1.62. The van der Waals surface area contributed by atoms with Gasteiger partial charge in [-0.05, 0) is 28.8 Å². The standard InChI is InChI=1S/C26H25NO2S/c1-2-3-4-9-16-27-21-15-14-17-10-5-6-11-18(17)25(21)30-26(27)22-23(28)19-12-7-8-13-20(19)24(22)29/h5-8,10-15,23,28H,2-4,9,16H2,1H3. The Kier molecular flexibility index (Phi) is 5.13. The highest BCUT2D eigenvalue weighted by atomic mass is 32.2. The first kappa shape index (κ1) is 19.4. The van der Waals surface area contributed by atoms with Crippen LogP contribution in [0.2, 0.25) is 0 Å². The predicted molar refractivity (Wildman–Crippen MR) is 124 cm³/mol. The lowest BCUT2D eigenvalue weighted by Crippen LogP contribution is -2.22. The summed E-state index contributed by atoms with van der Waals surface area (Å²) in [6.07, 6.45) is 3.77. The van der Waals surface area contributed by atoms with Gasteiger partial charge in [-0.1, -0.05) is 92.5 Å². The molecule has 5 rings (SSSR count). The minimum atomic E-state index is -0.866. The molecule has 4 heteroatoms.